The van der Waals surface area contributed by atoms with Gasteiger partial charge in [-0.25, -0.2) is 0 Å². The highest BCUT2D eigenvalue weighted by Crippen LogP contribution is 2.29. The number of hydrogen-bond donors (Lipinski definition) is 0. The van der Waals surface area contributed by atoms with Gasteiger partial charge >= 0.3 is 0 Å². The second kappa shape index (κ2) is 2.95. The van der Waals surface area contributed by atoms with Crippen molar-refractivity contribution in [2.45, 2.75) is 32.2 Å². The van der Waals surface area contributed by atoms with Gasteiger partial charge < -0.3 is 0 Å². The summed E-state index contributed by atoms with van der Waals surface area (Å²) < 4.78 is 0. The fraction of sp³-hybridized carbons (Fsp3) is 0.455. The Kier molecular flexibility index (Phi) is 1.91. The molecule has 0 saturated carbocycles. The van der Waals surface area contributed by atoms with Crippen LogP contribution in [0.2, 0.25) is 0 Å². The van der Waals surface area contributed by atoms with Gasteiger partial charge in [-0.2, -0.15) is 10.2 Å². The van der Waals surface area contributed by atoms with E-state index in [1.807, 2.05) is 12.1 Å². The van der Waals surface area contributed by atoms with E-state index in [1.54, 1.807) is 0 Å². The Labute approximate surface area is 78.7 Å². The minimum absolute atomic E-state index is 0.000972. The molecule has 2 heteroatoms. The van der Waals surface area contributed by atoms with E-state index in [1.165, 1.54) is 5.56 Å². The normalized spacial score (nSPS) is 19.2. The lowest BCUT2D eigenvalue weighted by atomic mass is 9.96. The van der Waals surface area contributed by atoms with Gasteiger partial charge in [-0.15, -0.1) is 0 Å². The first kappa shape index (κ1) is 8.42. The number of benzene rings is 1. The SMILES string of the molecule is CC1(C)CCc2ccccc2N=N1. The summed E-state index contributed by atoms with van der Waals surface area (Å²) in [6.07, 6.45) is 2.16. The molecule has 2 nitrogen and oxygen atoms in total. The molecule has 1 aliphatic rings. The second-order valence-electron chi connectivity index (χ2n) is 4.14. The van der Waals surface area contributed by atoms with Gasteiger partial charge in [0.25, 0.3) is 0 Å². The summed E-state index contributed by atoms with van der Waals surface area (Å²) in [4.78, 5) is 0. The van der Waals surface area contributed by atoms with Crippen molar-refractivity contribution in [1.82, 2.24) is 0 Å². The van der Waals surface area contributed by atoms with Crippen LogP contribution < -0.4 is 0 Å². The molecule has 2 rings (SSSR count). The lowest BCUT2D eigenvalue weighted by Crippen LogP contribution is -2.15. The highest BCUT2D eigenvalue weighted by atomic mass is 15.1. The summed E-state index contributed by atoms with van der Waals surface area (Å²) in [6.45, 7) is 4.25. The molecule has 0 atom stereocenters. The van der Waals surface area contributed by atoms with Crippen LogP contribution in [-0.4, -0.2) is 5.54 Å². The molecule has 1 heterocycles. The van der Waals surface area contributed by atoms with E-state index in [-0.39, 0.29) is 5.54 Å². The van der Waals surface area contributed by atoms with Crippen molar-refractivity contribution >= 4 is 5.69 Å². The zero-order valence-electron chi connectivity index (χ0n) is 8.12. The van der Waals surface area contributed by atoms with E-state index in [9.17, 15) is 0 Å². The van der Waals surface area contributed by atoms with E-state index in [2.05, 4.69) is 36.2 Å². The average Bonchev–Trinajstić information content (AvgIpc) is 2.27. The summed E-state index contributed by atoms with van der Waals surface area (Å²) in [7, 11) is 0. The first-order valence-corrected chi connectivity index (χ1v) is 4.68. The molecule has 0 radical (unpaired) electrons. The maximum atomic E-state index is 4.32. The Balaban J connectivity index is 2.39. The van der Waals surface area contributed by atoms with E-state index >= 15 is 0 Å². The Hall–Kier alpha value is -1.18. The molecule has 0 aromatic heterocycles. The Morgan fingerprint density at radius 3 is 2.85 bits per heavy atom. The van der Waals surface area contributed by atoms with Gasteiger partial charge in [0.2, 0.25) is 0 Å². The van der Waals surface area contributed by atoms with Crippen molar-refractivity contribution in [2.24, 2.45) is 10.2 Å². The van der Waals surface area contributed by atoms with E-state index in [0.29, 0.717) is 0 Å². The Bertz CT molecular complexity index is 340. The zero-order valence-corrected chi connectivity index (χ0v) is 8.12. The molecule has 0 spiro atoms. The molecule has 0 saturated heterocycles. The molecule has 0 fully saturated rings. The summed E-state index contributed by atoms with van der Waals surface area (Å²) >= 11 is 0. The minimum atomic E-state index is -0.000972. The Morgan fingerprint density at radius 2 is 2.00 bits per heavy atom. The van der Waals surface area contributed by atoms with Crippen LogP contribution in [-0.2, 0) is 6.42 Å². The third-order valence-corrected chi connectivity index (χ3v) is 2.43. The highest BCUT2D eigenvalue weighted by Gasteiger charge is 2.20. The van der Waals surface area contributed by atoms with Crippen molar-refractivity contribution in [3.05, 3.63) is 29.8 Å². The van der Waals surface area contributed by atoms with Crippen LogP contribution in [0.5, 0.6) is 0 Å². The lowest BCUT2D eigenvalue weighted by molar-refractivity contribution is 0.467. The van der Waals surface area contributed by atoms with Crippen LogP contribution >= 0.6 is 0 Å². The van der Waals surface area contributed by atoms with E-state index in [4.69, 9.17) is 0 Å². The van der Waals surface area contributed by atoms with Crippen LogP contribution in [0.25, 0.3) is 0 Å². The fourth-order valence-corrected chi connectivity index (χ4v) is 1.50. The summed E-state index contributed by atoms with van der Waals surface area (Å²) in [5.74, 6) is 0. The number of nitrogens with zero attached hydrogens (tertiary/aromatic N) is 2. The van der Waals surface area contributed by atoms with Gasteiger partial charge in [0, 0.05) is 0 Å². The van der Waals surface area contributed by atoms with Crippen LogP contribution in [0, 0.1) is 0 Å². The molecule has 0 aliphatic carbocycles. The number of rotatable bonds is 0. The Morgan fingerprint density at radius 1 is 1.23 bits per heavy atom. The molecular weight excluding hydrogens is 160 g/mol. The summed E-state index contributed by atoms with van der Waals surface area (Å²) in [5, 5.41) is 8.59. The van der Waals surface area contributed by atoms with E-state index < -0.39 is 0 Å². The van der Waals surface area contributed by atoms with Crippen LogP contribution in [0.1, 0.15) is 25.8 Å². The quantitative estimate of drug-likeness (QED) is 0.575. The monoisotopic (exact) mass is 174 g/mol. The first-order valence-electron chi connectivity index (χ1n) is 4.68. The van der Waals surface area contributed by atoms with Crippen LogP contribution in [0.4, 0.5) is 5.69 Å². The average molecular weight is 174 g/mol. The molecule has 13 heavy (non-hydrogen) atoms. The molecule has 1 aromatic carbocycles. The maximum Gasteiger partial charge on any atom is 0.0884 e. The predicted octanol–water partition coefficient (Wildman–Crippen LogP) is 3.50. The third-order valence-electron chi connectivity index (χ3n) is 2.43. The number of hydrogen-bond acceptors (Lipinski definition) is 2. The summed E-state index contributed by atoms with van der Waals surface area (Å²) in [6, 6.07) is 8.23. The molecule has 0 amide bonds. The molecule has 1 aliphatic heterocycles. The van der Waals surface area contributed by atoms with Crippen LogP contribution in [0.3, 0.4) is 0 Å². The molecular formula is C11H14N2. The van der Waals surface area contributed by atoms with Crippen LogP contribution in [0.15, 0.2) is 34.5 Å². The van der Waals surface area contributed by atoms with Gasteiger partial charge in [0.1, 0.15) is 0 Å². The van der Waals surface area contributed by atoms with Crippen molar-refractivity contribution in [1.29, 1.82) is 0 Å². The molecule has 68 valence electrons. The third kappa shape index (κ3) is 1.77. The number of azo groups is 1. The van der Waals surface area contributed by atoms with Gasteiger partial charge in [0.15, 0.2) is 0 Å². The zero-order chi connectivity index (χ0) is 9.31. The minimum Gasteiger partial charge on any atom is -0.183 e. The summed E-state index contributed by atoms with van der Waals surface area (Å²) in [5.41, 5.74) is 2.35. The standard InChI is InChI=1S/C11H14N2/c1-11(2)8-7-9-5-3-4-6-10(9)12-13-11/h3-6H,7-8H2,1-2H3. The topological polar surface area (TPSA) is 24.7 Å². The van der Waals surface area contributed by atoms with Gasteiger partial charge in [-0.1, -0.05) is 18.2 Å². The van der Waals surface area contributed by atoms with Gasteiger partial charge in [-0.3, -0.25) is 0 Å². The predicted molar refractivity (Wildman–Crippen MR) is 53.4 cm³/mol. The van der Waals surface area contributed by atoms with Gasteiger partial charge in [0.05, 0.1) is 11.2 Å². The lowest BCUT2D eigenvalue weighted by Gasteiger charge is -2.14. The smallest absolute Gasteiger partial charge is 0.0884 e. The van der Waals surface area contributed by atoms with Gasteiger partial charge in [-0.05, 0) is 38.3 Å². The van der Waals surface area contributed by atoms with Crippen molar-refractivity contribution in [2.75, 3.05) is 0 Å². The number of fused-ring (bicyclic) bond motifs is 1. The van der Waals surface area contributed by atoms with E-state index in [0.717, 1.165) is 18.5 Å². The second-order valence-corrected chi connectivity index (χ2v) is 4.14. The molecule has 0 N–H and O–H groups in total. The van der Waals surface area contributed by atoms with Crippen molar-refractivity contribution in [3.63, 3.8) is 0 Å². The maximum absolute atomic E-state index is 4.32. The van der Waals surface area contributed by atoms with Crippen molar-refractivity contribution < 1.29 is 0 Å². The molecule has 0 unspecified atom stereocenters. The highest BCUT2D eigenvalue weighted by molar-refractivity contribution is 5.45. The largest absolute Gasteiger partial charge is 0.183 e. The fourth-order valence-electron chi connectivity index (χ4n) is 1.50. The molecule has 1 aromatic rings. The molecule has 0 bridgehead atoms. The number of aryl methyl sites for hydroxylation is 1. The first-order chi connectivity index (χ1) is 6.17. The van der Waals surface area contributed by atoms with Crippen molar-refractivity contribution in [3.8, 4) is 0 Å².